The number of methoxy groups -OCH3 is 1. The lowest BCUT2D eigenvalue weighted by Gasteiger charge is -2.14. The number of amides is 1. The molecule has 0 aliphatic rings. The van der Waals surface area contributed by atoms with Crippen LogP contribution in [0.4, 0.5) is 0 Å². The summed E-state index contributed by atoms with van der Waals surface area (Å²) < 4.78 is 5.08. The second kappa shape index (κ2) is 7.71. The summed E-state index contributed by atoms with van der Waals surface area (Å²) in [6, 6.07) is 7.65. The van der Waals surface area contributed by atoms with Crippen molar-refractivity contribution in [2.24, 2.45) is 11.7 Å². The first kappa shape index (κ1) is 14.5. The minimum absolute atomic E-state index is 0.0372. The number of nitrogens with one attached hydrogen (secondary N) is 1. The fraction of sp³-hybridized carbons (Fsp3) is 0.500. The highest BCUT2D eigenvalue weighted by molar-refractivity contribution is 5.78. The van der Waals surface area contributed by atoms with Crippen LogP contribution in [0.2, 0.25) is 0 Å². The maximum absolute atomic E-state index is 11.8. The third-order valence-electron chi connectivity index (χ3n) is 2.92. The second-order valence-corrected chi connectivity index (χ2v) is 4.29. The van der Waals surface area contributed by atoms with E-state index in [9.17, 15) is 4.79 Å². The average molecular weight is 250 g/mol. The van der Waals surface area contributed by atoms with Gasteiger partial charge in [0, 0.05) is 13.1 Å². The number of hydrogen-bond acceptors (Lipinski definition) is 3. The highest BCUT2D eigenvalue weighted by Gasteiger charge is 2.14. The summed E-state index contributed by atoms with van der Waals surface area (Å²) in [6.07, 6.45) is 1.81. The first-order valence-electron chi connectivity index (χ1n) is 6.32. The van der Waals surface area contributed by atoms with Crippen molar-refractivity contribution in [2.45, 2.75) is 26.3 Å². The number of nitrogens with two attached hydrogens (primary N) is 1. The van der Waals surface area contributed by atoms with Crippen LogP contribution in [-0.4, -0.2) is 19.6 Å². The zero-order valence-corrected chi connectivity index (χ0v) is 11.1. The van der Waals surface area contributed by atoms with Gasteiger partial charge in [0.2, 0.25) is 5.91 Å². The molecule has 1 unspecified atom stereocenters. The van der Waals surface area contributed by atoms with E-state index >= 15 is 0 Å². The smallest absolute Gasteiger partial charge is 0.224 e. The van der Waals surface area contributed by atoms with Gasteiger partial charge in [-0.2, -0.15) is 0 Å². The Morgan fingerprint density at radius 3 is 2.56 bits per heavy atom. The molecule has 0 aliphatic carbocycles. The number of carbonyl (C=O) groups excluding carboxylic acids is 1. The van der Waals surface area contributed by atoms with Crippen molar-refractivity contribution in [1.29, 1.82) is 0 Å². The Kier molecular flexibility index (Phi) is 6.22. The van der Waals surface area contributed by atoms with Crippen molar-refractivity contribution in [3.05, 3.63) is 29.8 Å². The zero-order valence-electron chi connectivity index (χ0n) is 11.1. The second-order valence-electron chi connectivity index (χ2n) is 4.29. The molecule has 1 rings (SSSR count). The molecule has 0 saturated heterocycles. The predicted molar refractivity (Wildman–Crippen MR) is 72.3 cm³/mol. The summed E-state index contributed by atoms with van der Waals surface area (Å²) >= 11 is 0. The Morgan fingerprint density at radius 2 is 2.06 bits per heavy atom. The molecule has 4 nitrogen and oxygen atoms in total. The lowest BCUT2D eigenvalue weighted by molar-refractivity contribution is -0.125. The van der Waals surface area contributed by atoms with Gasteiger partial charge in [0.1, 0.15) is 5.75 Å². The minimum Gasteiger partial charge on any atom is -0.497 e. The maximum Gasteiger partial charge on any atom is 0.224 e. The molecule has 0 fully saturated rings. The fourth-order valence-corrected chi connectivity index (χ4v) is 1.78. The Morgan fingerprint density at radius 1 is 1.39 bits per heavy atom. The van der Waals surface area contributed by atoms with E-state index in [-0.39, 0.29) is 11.8 Å². The molecular weight excluding hydrogens is 228 g/mol. The highest BCUT2D eigenvalue weighted by atomic mass is 16.5. The van der Waals surface area contributed by atoms with Gasteiger partial charge in [-0.05, 0) is 24.1 Å². The van der Waals surface area contributed by atoms with Gasteiger partial charge in [0.15, 0.2) is 0 Å². The normalized spacial score (nSPS) is 11.9. The molecule has 1 aromatic carbocycles. The molecule has 18 heavy (non-hydrogen) atoms. The van der Waals surface area contributed by atoms with Crippen molar-refractivity contribution >= 4 is 5.91 Å². The third-order valence-corrected chi connectivity index (χ3v) is 2.92. The van der Waals surface area contributed by atoms with Crippen LogP contribution >= 0.6 is 0 Å². The quantitative estimate of drug-likeness (QED) is 0.774. The monoisotopic (exact) mass is 250 g/mol. The summed E-state index contributed by atoms with van der Waals surface area (Å²) in [4.78, 5) is 11.8. The fourth-order valence-electron chi connectivity index (χ4n) is 1.78. The molecule has 4 heteroatoms. The number of benzene rings is 1. The zero-order chi connectivity index (χ0) is 13.4. The van der Waals surface area contributed by atoms with Crippen LogP contribution in [-0.2, 0) is 11.3 Å². The molecule has 0 bridgehead atoms. The topological polar surface area (TPSA) is 64.4 Å². The molecular formula is C14H22N2O2. The van der Waals surface area contributed by atoms with Gasteiger partial charge < -0.3 is 15.8 Å². The standard InChI is InChI=1S/C14H22N2O2/c1-3-4-12(9-15)14(17)16-10-11-5-7-13(18-2)8-6-11/h5-8,12H,3-4,9-10,15H2,1-2H3,(H,16,17). The molecule has 100 valence electrons. The number of ether oxygens (including phenoxy) is 1. The number of carbonyl (C=O) groups is 1. The lowest BCUT2D eigenvalue weighted by Crippen LogP contribution is -2.34. The summed E-state index contributed by atoms with van der Waals surface area (Å²) in [7, 11) is 1.63. The molecule has 1 atom stereocenters. The summed E-state index contributed by atoms with van der Waals surface area (Å²) in [5, 5.41) is 2.91. The first-order chi connectivity index (χ1) is 8.71. The van der Waals surface area contributed by atoms with Gasteiger partial charge in [-0.3, -0.25) is 4.79 Å². The van der Waals surface area contributed by atoms with Crippen LogP contribution in [0.3, 0.4) is 0 Å². The third kappa shape index (κ3) is 4.37. The van der Waals surface area contributed by atoms with Crippen molar-refractivity contribution in [3.8, 4) is 5.75 Å². The van der Waals surface area contributed by atoms with Crippen LogP contribution in [0.1, 0.15) is 25.3 Å². The molecule has 0 saturated carbocycles. The largest absolute Gasteiger partial charge is 0.497 e. The van der Waals surface area contributed by atoms with Gasteiger partial charge >= 0.3 is 0 Å². The lowest BCUT2D eigenvalue weighted by atomic mass is 10.0. The van der Waals surface area contributed by atoms with Crippen LogP contribution in [0.25, 0.3) is 0 Å². The summed E-state index contributed by atoms with van der Waals surface area (Å²) in [5.41, 5.74) is 6.64. The van der Waals surface area contributed by atoms with Crippen LogP contribution in [0.5, 0.6) is 5.75 Å². The van der Waals surface area contributed by atoms with Gasteiger partial charge in [0.05, 0.1) is 13.0 Å². The molecule has 0 aliphatic heterocycles. The summed E-state index contributed by atoms with van der Waals surface area (Å²) in [5.74, 6) is 0.777. The van der Waals surface area contributed by atoms with Crippen molar-refractivity contribution in [1.82, 2.24) is 5.32 Å². The van der Waals surface area contributed by atoms with E-state index < -0.39 is 0 Å². The Labute approximate surface area is 109 Å². The minimum atomic E-state index is -0.0757. The molecule has 0 heterocycles. The van der Waals surface area contributed by atoms with Gasteiger partial charge in [-0.1, -0.05) is 25.5 Å². The molecule has 0 spiro atoms. The maximum atomic E-state index is 11.8. The van der Waals surface area contributed by atoms with Crippen LogP contribution < -0.4 is 15.8 Å². The SMILES string of the molecule is CCCC(CN)C(=O)NCc1ccc(OC)cc1. The molecule has 1 amide bonds. The van der Waals surface area contributed by atoms with E-state index in [4.69, 9.17) is 10.5 Å². The van der Waals surface area contributed by atoms with E-state index in [1.807, 2.05) is 24.3 Å². The van der Waals surface area contributed by atoms with E-state index in [1.54, 1.807) is 7.11 Å². The van der Waals surface area contributed by atoms with Crippen molar-refractivity contribution < 1.29 is 9.53 Å². The Hall–Kier alpha value is -1.55. The molecule has 0 aromatic heterocycles. The number of hydrogen-bond donors (Lipinski definition) is 2. The van der Waals surface area contributed by atoms with E-state index in [0.29, 0.717) is 13.1 Å². The van der Waals surface area contributed by atoms with Crippen molar-refractivity contribution in [3.63, 3.8) is 0 Å². The van der Waals surface area contributed by atoms with Gasteiger partial charge in [-0.25, -0.2) is 0 Å². The van der Waals surface area contributed by atoms with E-state index in [1.165, 1.54) is 0 Å². The van der Waals surface area contributed by atoms with Crippen LogP contribution in [0, 0.1) is 5.92 Å². The first-order valence-corrected chi connectivity index (χ1v) is 6.32. The summed E-state index contributed by atoms with van der Waals surface area (Å²) in [6.45, 7) is 2.99. The van der Waals surface area contributed by atoms with Crippen molar-refractivity contribution in [2.75, 3.05) is 13.7 Å². The Balaban J connectivity index is 2.45. The molecule has 3 N–H and O–H groups in total. The average Bonchev–Trinajstić information content (AvgIpc) is 2.42. The van der Waals surface area contributed by atoms with E-state index in [2.05, 4.69) is 12.2 Å². The number of rotatable bonds is 7. The highest BCUT2D eigenvalue weighted by Crippen LogP contribution is 2.11. The van der Waals surface area contributed by atoms with E-state index in [0.717, 1.165) is 24.2 Å². The molecule has 0 radical (unpaired) electrons. The Bertz CT molecular complexity index is 363. The van der Waals surface area contributed by atoms with Crippen LogP contribution in [0.15, 0.2) is 24.3 Å². The molecule has 1 aromatic rings. The van der Waals surface area contributed by atoms with Gasteiger partial charge in [0.25, 0.3) is 0 Å². The predicted octanol–water partition coefficient (Wildman–Crippen LogP) is 1.69. The van der Waals surface area contributed by atoms with Gasteiger partial charge in [-0.15, -0.1) is 0 Å².